The van der Waals surface area contributed by atoms with E-state index in [0.29, 0.717) is 16.3 Å². The molecule has 6 heteroatoms. The van der Waals surface area contributed by atoms with E-state index in [1.165, 1.54) is 6.07 Å². The number of benzene rings is 1. The first-order valence-electron chi connectivity index (χ1n) is 5.19. The van der Waals surface area contributed by atoms with Crippen LogP contribution in [0.3, 0.4) is 0 Å². The van der Waals surface area contributed by atoms with Crippen molar-refractivity contribution >= 4 is 18.2 Å². The number of hydrogen-bond donors (Lipinski definition) is 2. The Bertz CT molecular complexity index is 602. The number of nitrogen functional groups attached to an aromatic ring is 1. The van der Waals surface area contributed by atoms with Gasteiger partial charge in [-0.3, -0.25) is 4.57 Å². The minimum Gasteiger partial charge on any atom is -0.368 e. The molecule has 2 aromatic rings. The number of anilines is 1. The molecule has 1 atom stereocenters. The summed E-state index contributed by atoms with van der Waals surface area (Å²) in [6.07, 6.45) is 0. The van der Waals surface area contributed by atoms with Crippen LogP contribution in [0.5, 0.6) is 0 Å². The maximum absolute atomic E-state index is 13.5. The quantitative estimate of drug-likeness (QED) is 0.808. The number of halogens is 1. The highest BCUT2D eigenvalue weighted by Crippen LogP contribution is 2.22. The second-order valence-corrected chi connectivity index (χ2v) is 4.33. The van der Waals surface area contributed by atoms with Crippen molar-refractivity contribution in [3.63, 3.8) is 0 Å². The SMILES string of the molecule is Cc1ccc(C(C)n2c(N)n[nH]c2=S)cc1F. The lowest BCUT2D eigenvalue weighted by Crippen LogP contribution is -2.10. The van der Waals surface area contributed by atoms with Gasteiger partial charge >= 0.3 is 0 Å². The number of aryl methyl sites for hydroxylation is 1. The van der Waals surface area contributed by atoms with Crippen LogP contribution in [0, 0.1) is 17.5 Å². The fraction of sp³-hybridized carbons (Fsp3) is 0.273. The first kappa shape index (κ1) is 11.8. The molecule has 0 bridgehead atoms. The summed E-state index contributed by atoms with van der Waals surface area (Å²) in [5.74, 6) is 0.0615. The second-order valence-electron chi connectivity index (χ2n) is 3.94. The molecule has 2 rings (SSSR count). The van der Waals surface area contributed by atoms with Crippen LogP contribution in [0.25, 0.3) is 0 Å². The average Bonchev–Trinajstić information content (AvgIpc) is 2.62. The van der Waals surface area contributed by atoms with Gasteiger partial charge in [-0.05, 0) is 43.3 Å². The Hall–Kier alpha value is -1.69. The zero-order valence-electron chi connectivity index (χ0n) is 9.57. The highest BCUT2D eigenvalue weighted by molar-refractivity contribution is 7.71. The Morgan fingerprint density at radius 2 is 2.24 bits per heavy atom. The van der Waals surface area contributed by atoms with Crippen LogP contribution >= 0.6 is 12.2 Å². The fourth-order valence-corrected chi connectivity index (χ4v) is 2.01. The monoisotopic (exact) mass is 252 g/mol. The van der Waals surface area contributed by atoms with Crippen molar-refractivity contribution in [3.05, 3.63) is 39.9 Å². The first-order chi connectivity index (χ1) is 8.00. The molecule has 0 saturated carbocycles. The second kappa shape index (κ2) is 4.29. The Labute approximate surface area is 103 Å². The predicted molar refractivity (Wildman–Crippen MR) is 66.8 cm³/mol. The van der Waals surface area contributed by atoms with Crippen molar-refractivity contribution < 1.29 is 4.39 Å². The summed E-state index contributed by atoms with van der Waals surface area (Å²) in [5, 5.41) is 6.44. The van der Waals surface area contributed by atoms with E-state index in [1.54, 1.807) is 17.6 Å². The molecule has 17 heavy (non-hydrogen) atoms. The number of aromatic nitrogens is 3. The summed E-state index contributed by atoms with van der Waals surface area (Å²) in [7, 11) is 0. The van der Waals surface area contributed by atoms with Gasteiger partial charge in [-0.25, -0.2) is 9.49 Å². The van der Waals surface area contributed by atoms with Gasteiger partial charge in [0.1, 0.15) is 5.82 Å². The van der Waals surface area contributed by atoms with Gasteiger partial charge in [0, 0.05) is 0 Å². The molecule has 1 heterocycles. The first-order valence-corrected chi connectivity index (χ1v) is 5.60. The highest BCUT2D eigenvalue weighted by atomic mass is 32.1. The van der Waals surface area contributed by atoms with Gasteiger partial charge < -0.3 is 5.73 Å². The molecule has 0 radical (unpaired) electrons. The number of hydrogen-bond acceptors (Lipinski definition) is 3. The zero-order chi connectivity index (χ0) is 12.6. The van der Waals surface area contributed by atoms with E-state index in [0.717, 1.165) is 5.56 Å². The Morgan fingerprint density at radius 3 is 2.76 bits per heavy atom. The van der Waals surface area contributed by atoms with Crippen molar-refractivity contribution in [2.24, 2.45) is 0 Å². The van der Waals surface area contributed by atoms with Crippen LogP contribution in [-0.4, -0.2) is 14.8 Å². The van der Waals surface area contributed by atoms with E-state index in [1.807, 2.05) is 13.0 Å². The lowest BCUT2D eigenvalue weighted by Gasteiger charge is -2.14. The lowest BCUT2D eigenvalue weighted by atomic mass is 10.1. The Kier molecular flexibility index (Phi) is 2.97. The van der Waals surface area contributed by atoms with Gasteiger partial charge in [0.05, 0.1) is 6.04 Å². The minimum absolute atomic E-state index is 0.156. The van der Waals surface area contributed by atoms with Crippen molar-refractivity contribution in [2.75, 3.05) is 5.73 Å². The summed E-state index contributed by atoms with van der Waals surface area (Å²) >= 11 is 5.08. The molecule has 0 aliphatic heterocycles. The molecule has 4 nitrogen and oxygen atoms in total. The third-order valence-electron chi connectivity index (χ3n) is 2.80. The zero-order valence-corrected chi connectivity index (χ0v) is 10.4. The van der Waals surface area contributed by atoms with Crippen molar-refractivity contribution in [2.45, 2.75) is 19.9 Å². The summed E-state index contributed by atoms with van der Waals surface area (Å²) in [4.78, 5) is 0. The van der Waals surface area contributed by atoms with Crippen molar-refractivity contribution in [1.29, 1.82) is 0 Å². The third kappa shape index (κ3) is 2.08. The normalized spacial score (nSPS) is 12.6. The molecule has 3 N–H and O–H groups in total. The fourth-order valence-electron chi connectivity index (χ4n) is 1.71. The largest absolute Gasteiger partial charge is 0.368 e. The van der Waals surface area contributed by atoms with Crippen LogP contribution in [0.2, 0.25) is 0 Å². The van der Waals surface area contributed by atoms with Crippen LogP contribution < -0.4 is 5.73 Å². The number of H-pyrrole nitrogens is 1. The van der Waals surface area contributed by atoms with E-state index >= 15 is 0 Å². The molecule has 90 valence electrons. The van der Waals surface area contributed by atoms with E-state index in [2.05, 4.69) is 10.2 Å². The van der Waals surface area contributed by atoms with Gasteiger partial charge in [-0.15, -0.1) is 5.10 Å². The number of nitrogens with one attached hydrogen (secondary N) is 1. The van der Waals surface area contributed by atoms with Crippen LogP contribution in [-0.2, 0) is 0 Å². The van der Waals surface area contributed by atoms with Crippen molar-refractivity contribution in [1.82, 2.24) is 14.8 Å². The molecule has 0 aliphatic rings. The molecule has 0 aliphatic carbocycles. The molecule has 0 amide bonds. The maximum Gasteiger partial charge on any atom is 0.221 e. The number of nitrogens with two attached hydrogens (primary N) is 1. The third-order valence-corrected chi connectivity index (χ3v) is 3.09. The molecular weight excluding hydrogens is 239 g/mol. The molecule has 0 saturated heterocycles. The topological polar surface area (TPSA) is 59.6 Å². The number of rotatable bonds is 2. The summed E-state index contributed by atoms with van der Waals surface area (Å²) in [6, 6.07) is 4.93. The van der Waals surface area contributed by atoms with E-state index in [-0.39, 0.29) is 11.9 Å². The van der Waals surface area contributed by atoms with Gasteiger partial charge in [0.2, 0.25) is 5.95 Å². The van der Waals surface area contributed by atoms with Crippen LogP contribution in [0.1, 0.15) is 24.1 Å². The molecule has 0 spiro atoms. The lowest BCUT2D eigenvalue weighted by molar-refractivity contribution is 0.597. The average molecular weight is 252 g/mol. The number of nitrogens with zero attached hydrogens (tertiary/aromatic N) is 2. The van der Waals surface area contributed by atoms with Crippen LogP contribution in [0.15, 0.2) is 18.2 Å². The minimum atomic E-state index is -0.233. The van der Waals surface area contributed by atoms with Gasteiger partial charge in [0.15, 0.2) is 4.77 Å². The summed E-state index contributed by atoms with van der Waals surface area (Å²) < 4.78 is 15.6. The standard InChI is InChI=1S/C11H13FN4S/c1-6-3-4-8(5-9(6)12)7(2)16-10(13)14-15-11(16)17/h3-5,7H,1-2H3,(H2,13,14)(H,15,17). The van der Waals surface area contributed by atoms with Gasteiger partial charge in [-0.2, -0.15) is 0 Å². The number of aromatic amines is 1. The molecule has 0 fully saturated rings. The van der Waals surface area contributed by atoms with E-state index in [4.69, 9.17) is 18.0 Å². The summed E-state index contributed by atoms with van der Waals surface area (Å²) in [6.45, 7) is 3.62. The maximum atomic E-state index is 13.5. The van der Waals surface area contributed by atoms with E-state index < -0.39 is 0 Å². The molecule has 1 aromatic heterocycles. The molecule has 1 unspecified atom stereocenters. The predicted octanol–water partition coefficient (Wildman–Crippen LogP) is 2.58. The molecular formula is C11H13FN4S. The van der Waals surface area contributed by atoms with E-state index in [9.17, 15) is 4.39 Å². The highest BCUT2D eigenvalue weighted by Gasteiger charge is 2.13. The smallest absolute Gasteiger partial charge is 0.221 e. The Morgan fingerprint density at radius 1 is 1.53 bits per heavy atom. The summed E-state index contributed by atoms with van der Waals surface area (Å²) in [5.41, 5.74) is 7.13. The molecule has 1 aromatic carbocycles. The van der Waals surface area contributed by atoms with Gasteiger partial charge in [0.25, 0.3) is 0 Å². The van der Waals surface area contributed by atoms with Crippen molar-refractivity contribution in [3.8, 4) is 0 Å². The van der Waals surface area contributed by atoms with Gasteiger partial charge in [-0.1, -0.05) is 12.1 Å². The van der Waals surface area contributed by atoms with Crippen LogP contribution in [0.4, 0.5) is 10.3 Å². The Balaban J connectivity index is 2.47.